The molecule has 0 fully saturated rings. The summed E-state index contributed by atoms with van der Waals surface area (Å²) in [7, 11) is 0. The number of aryl methyl sites for hydroxylation is 2. The third-order valence-electron chi connectivity index (χ3n) is 2.40. The number of amides is 1. The molecule has 0 unspecified atom stereocenters. The Bertz CT molecular complexity index is 648. The zero-order chi connectivity index (χ0) is 14.0. The summed E-state index contributed by atoms with van der Waals surface area (Å²) in [5.41, 5.74) is 2.30. The minimum absolute atomic E-state index is 0.258. The number of nitrogens with zero attached hydrogens (tertiary/aromatic N) is 3. The zero-order valence-corrected chi connectivity index (χ0v) is 12.6. The first-order valence-corrected chi connectivity index (χ1v) is 6.58. The van der Waals surface area contributed by atoms with Crippen LogP contribution in [0.1, 0.15) is 21.7 Å². The van der Waals surface area contributed by atoms with Crippen LogP contribution in [0.2, 0.25) is 5.15 Å². The zero-order valence-electron chi connectivity index (χ0n) is 10.2. The van der Waals surface area contributed by atoms with E-state index in [2.05, 4.69) is 36.4 Å². The van der Waals surface area contributed by atoms with Crippen LogP contribution in [0, 0.1) is 13.8 Å². The first-order chi connectivity index (χ1) is 8.97. The van der Waals surface area contributed by atoms with E-state index in [-0.39, 0.29) is 5.91 Å². The summed E-state index contributed by atoms with van der Waals surface area (Å²) in [5.74, 6) is -0.258. The van der Waals surface area contributed by atoms with E-state index in [1.54, 1.807) is 26.0 Å². The molecule has 7 heteroatoms. The molecule has 0 saturated carbocycles. The lowest BCUT2D eigenvalue weighted by Crippen LogP contribution is -2.15. The van der Waals surface area contributed by atoms with Gasteiger partial charge < -0.3 is 5.32 Å². The molecule has 0 atom stereocenters. The number of rotatable bonds is 2. The van der Waals surface area contributed by atoms with Crippen molar-refractivity contribution in [3.63, 3.8) is 0 Å². The topological polar surface area (TPSA) is 67.8 Å². The van der Waals surface area contributed by atoms with E-state index in [0.29, 0.717) is 32.3 Å². The van der Waals surface area contributed by atoms with Gasteiger partial charge in [-0.05, 0) is 41.9 Å². The molecule has 0 bridgehead atoms. The average molecular weight is 342 g/mol. The number of nitrogens with one attached hydrogen (secondary N) is 1. The van der Waals surface area contributed by atoms with Crippen LogP contribution in [0.5, 0.6) is 0 Å². The molecule has 0 aliphatic carbocycles. The minimum atomic E-state index is -0.258. The van der Waals surface area contributed by atoms with Gasteiger partial charge in [0.2, 0.25) is 0 Å². The van der Waals surface area contributed by atoms with Crippen LogP contribution >= 0.6 is 27.5 Å². The quantitative estimate of drug-likeness (QED) is 0.852. The second-order valence-corrected chi connectivity index (χ2v) is 5.15. The van der Waals surface area contributed by atoms with Gasteiger partial charge in [-0.1, -0.05) is 11.6 Å². The maximum absolute atomic E-state index is 12.1. The standard InChI is InChI=1S/C12H10BrClN4O/c1-6-3-9(7(2)18-17-6)12(19)16-8-4-10(13)11(14)15-5-8/h3-5H,1-2H3,(H,16,19). The number of hydrogen-bond donors (Lipinski definition) is 1. The molecule has 1 amide bonds. The molecule has 19 heavy (non-hydrogen) atoms. The Balaban J connectivity index is 2.25. The smallest absolute Gasteiger partial charge is 0.257 e. The van der Waals surface area contributed by atoms with Crippen LogP contribution in [-0.4, -0.2) is 21.1 Å². The van der Waals surface area contributed by atoms with Crippen molar-refractivity contribution in [1.82, 2.24) is 15.2 Å². The molecular formula is C12H10BrClN4O. The lowest BCUT2D eigenvalue weighted by molar-refractivity contribution is 0.102. The van der Waals surface area contributed by atoms with Crippen molar-refractivity contribution >= 4 is 39.1 Å². The van der Waals surface area contributed by atoms with Crippen LogP contribution < -0.4 is 5.32 Å². The van der Waals surface area contributed by atoms with E-state index in [1.807, 2.05) is 0 Å². The van der Waals surface area contributed by atoms with Gasteiger partial charge in [0.15, 0.2) is 0 Å². The third-order valence-corrected chi connectivity index (χ3v) is 3.53. The van der Waals surface area contributed by atoms with E-state index < -0.39 is 0 Å². The summed E-state index contributed by atoms with van der Waals surface area (Å²) in [6.45, 7) is 3.51. The SMILES string of the molecule is Cc1cc(C(=O)Nc2cnc(Cl)c(Br)c2)c(C)nn1. The van der Waals surface area contributed by atoms with Gasteiger partial charge in [0.1, 0.15) is 5.15 Å². The van der Waals surface area contributed by atoms with Crippen molar-refractivity contribution < 1.29 is 4.79 Å². The maximum atomic E-state index is 12.1. The normalized spacial score (nSPS) is 10.3. The molecule has 1 N–H and O–H groups in total. The molecule has 2 heterocycles. The number of hydrogen-bond acceptors (Lipinski definition) is 4. The predicted molar refractivity (Wildman–Crippen MR) is 76.4 cm³/mol. The Morgan fingerprint density at radius 1 is 1.32 bits per heavy atom. The van der Waals surface area contributed by atoms with Crippen molar-refractivity contribution in [3.05, 3.63) is 44.9 Å². The molecule has 0 spiro atoms. The Labute approximate surface area is 123 Å². The van der Waals surface area contributed by atoms with Crippen LogP contribution in [0.25, 0.3) is 0 Å². The molecule has 2 aromatic heterocycles. The molecular weight excluding hydrogens is 332 g/mol. The third kappa shape index (κ3) is 3.27. The highest BCUT2D eigenvalue weighted by atomic mass is 79.9. The van der Waals surface area contributed by atoms with Gasteiger partial charge in [0, 0.05) is 0 Å². The highest BCUT2D eigenvalue weighted by Gasteiger charge is 2.12. The predicted octanol–water partition coefficient (Wildman–Crippen LogP) is 3.16. The summed E-state index contributed by atoms with van der Waals surface area (Å²) in [5, 5.41) is 10.9. The van der Waals surface area contributed by atoms with Crippen molar-refractivity contribution in [2.45, 2.75) is 13.8 Å². The molecule has 5 nitrogen and oxygen atoms in total. The van der Waals surface area contributed by atoms with Gasteiger partial charge in [-0.3, -0.25) is 4.79 Å². The number of halogens is 2. The highest BCUT2D eigenvalue weighted by Crippen LogP contribution is 2.23. The molecule has 0 radical (unpaired) electrons. The second kappa shape index (κ2) is 5.63. The van der Waals surface area contributed by atoms with Crippen LogP contribution in [0.3, 0.4) is 0 Å². The number of pyridine rings is 1. The monoisotopic (exact) mass is 340 g/mol. The average Bonchev–Trinajstić information content (AvgIpc) is 2.36. The molecule has 0 aromatic carbocycles. The van der Waals surface area contributed by atoms with Gasteiger partial charge in [-0.15, -0.1) is 0 Å². The number of aromatic nitrogens is 3. The molecule has 2 rings (SSSR count). The highest BCUT2D eigenvalue weighted by molar-refractivity contribution is 9.10. The van der Waals surface area contributed by atoms with E-state index in [1.165, 1.54) is 6.20 Å². The van der Waals surface area contributed by atoms with Crippen LogP contribution in [0.4, 0.5) is 5.69 Å². The molecule has 0 saturated heterocycles. The lowest BCUT2D eigenvalue weighted by atomic mass is 10.2. The van der Waals surface area contributed by atoms with Gasteiger partial charge in [0.25, 0.3) is 5.91 Å². The Morgan fingerprint density at radius 3 is 2.74 bits per heavy atom. The summed E-state index contributed by atoms with van der Waals surface area (Å²) in [4.78, 5) is 16.1. The van der Waals surface area contributed by atoms with E-state index in [9.17, 15) is 4.79 Å². The van der Waals surface area contributed by atoms with E-state index in [0.717, 1.165) is 0 Å². The molecule has 0 aliphatic rings. The van der Waals surface area contributed by atoms with Crippen LogP contribution in [-0.2, 0) is 0 Å². The second-order valence-electron chi connectivity index (χ2n) is 3.94. The fourth-order valence-corrected chi connectivity index (χ4v) is 1.92. The number of carbonyl (C=O) groups is 1. The van der Waals surface area contributed by atoms with Crippen LogP contribution in [0.15, 0.2) is 22.8 Å². The fraction of sp³-hybridized carbons (Fsp3) is 0.167. The lowest BCUT2D eigenvalue weighted by Gasteiger charge is -2.07. The van der Waals surface area contributed by atoms with E-state index >= 15 is 0 Å². The number of anilines is 1. The van der Waals surface area contributed by atoms with Gasteiger partial charge >= 0.3 is 0 Å². The fourth-order valence-electron chi connectivity index (χ4n) is 1.47. The van der Waals surface area contributed by atoms with Crippen molar-refractivity contribution in [3.8, 4) is 0 Å². The van der Waals surface area contributed by atoms with Gasteiger partial charge in [-0.25, -0.2) is 4.98 Å². The molecule has 98 valence electrons. The first kappa shape index (κ1) is 13.9. The summed E-state index contributed by atoms with van der Waals surface area (Å²) >= 11 is 9.04. The minimum Gasteiger partial charge on any atom is -0.320 e. The van der Waals surface area contributed by atoms with E-state index in [4.69, 9.17) is 11.6 Å². The largest absolute Gasteiger partial charge is 0.320 e. The summed E-state index contributed by atoms with van der Waals surface area (Å²) < 4.78 is 0.618. The Morgan fingerprint density at radius 2 is 2.05 bits per heavy atom. The van der Waals surface area contributed by atoms with Gasteiger partial charge in [-0.2, -0.15) is 10.2 Å². The van der Waals surface area contributed by atoms with Crippen molar-refractivity contribution in [2.24, 2.45) is 0 Å². The Hall–Kier alpha value is -1.53. The first-order valence-electron chi connectivity index (χ1n) is 5.40. The maximum Gasteiger partial charge on any atom is 0.257 e. The van der Waals surface area contributed by atoms with Crippen molar-refractivity contribution in [1.29, 1.82) is 0 Å². The summed E-state index contributed by atoms with van der Waals surface area (Å²) in [6, 6.07) is 3.38. The molecule has 2 aromatic rings. The Kier molecular flexibility index (Phi) is 4.11. The summed E-state index contributed by atoms with van der Waals surface area (Å²) in [6.07, 6.45) is 1.49. The number of carbonyl (C=O) groups excluding carboxylic acids is 1. The van der Waals surface area contributed by atoms with Crippen molar-refractivity contribution in [2.75, 3.05) is 5.32 Å². The van der Waals surface area contributed by atoms with Gasteiger partial charge in [0.05, 0.1) is 33.3 Å². The molecule has 0 aliphatic heterocycles.